The van der Waals surface area contributed by atoms with Crippen LogP contribution in [0.15, 0.2) is 24.8 Å². The zero-order valence-electron chi connectivity index (χ0n) is 6.47. The zero-order valence-corrected chi connectivity index (χ0v) is 7.17. The third kappa shape index (κ3) is 2.18. The molecule has 0 aliphatic rings. The second kappa shape index (κ2) is 4.55. The van der Waals surface area contributed by atoms with Gasteiger partial charge in [0, 0.05) is 62.5 Å². The van der Waals surface area contributed by atoms with Crippen molar-refractivity contribution >= 4 is 5.78 Å². The summed E-state index contributed by atoms with van der Waals surface area (Å²) in [5, 5.41) is 0. The van der Waals surface area contributed by atoms with Gasteiger partial charge in [0.1, 0.15) is 0 Å². The molecular weight excluding hydrogens is 196 g/mol. The zero-order chi connectivity index (χ0) is 8.39. The molecule has 0 aliphatic carbocycles. The maximum atomic E-state index is 11.4. The first-order valence-electron chi connectivity index (χ1n) is 3.41. The molecule has 0 amide bonds. The van der Waals surface area contributed by atoms with Gasteiger partial charge in [-0.15, -0.1) is 0 Å². The molecule has 0 radical (unpaired) electrons. The number of hydrogen-bond donors (Lipinski definition) is 2. The number of hydrogen-bond acceptors (Lipinski definition) is 3. The van der Waals surface area contributed by atoms with Crippen LogP contribution in [0, 0.1) is 37.7 Å². The summed E-state index contributed by atoms with van der Waals surface area (Å²) in [6.07, 6.45) is 6.23. The second-order valence-corrected chi connectivity index (χ2v) is 2.20. The minimum Gasteiger partial charge on any atom is -0.342 e. The van der Waals surface area contributed by atoms with Gasteiger partial charge in [-0.1, -0.05) is 0 Å². The number of aromatic nitrogens is 4. The molecule has 13 heavy (non-hydrogen) atoms. The fourth-order valence-corrected chi connectivity index (χ4v) is 0.891. The van der Waals surface area contributed by atoms with Crippen LogP contribution >= 0.6 is 0 Å². The van der Waals surface area contributed by atoms with E-state index in [1.807, 2.05) is 0 Å². The maximum Gasteiger partial charge on any atom is 0.263 e. The molecule has 0 aliphatic heterocycles. The van der Waals surface area contributed by atoms with E-state index >= 15 is 0 Å². The van der Waals surface area contributed by atoms with Gasteiger partial charge in [-0.2, -0.15) is 0 Å². The van der Waals surface area contributed by atoms with E-state index < -0.39 is 0 Å². The summed E-state index contributed by atoms with van der Waals surface area (Å²) in [5.74, 6) is 0.361. The Labute approximate surface area is 104 Å². The molecule has 0 saturated heterocycles. The van der Waals surface area contributed by atoms with Crippen molar-refractivity contribution in [1.29, 1.82) is 0 Å². The molecule has 0 bridgehead atoms. The summed E-state index contributed by atoms with van der Waals surface area (Å²) in [4.78, 5) is 24.4. The van der Waals surface area contributed by atoms with Crippen molar-refractivity contribution in [3.63, 3.8) is 0 Å². The van der Waals surface area contributed by atoms with E-state index in [0.717, 1.165) is 0 Å². The van der Waals surface area contributed by atoms with Crippen LogP contribution in [0.3, 0.4) is 0 Å². The SMILES string of the molecule is O=C(c1ncc[nH]1)c1ncc[nH]1.[Ar]. The Morgan fingerprint density at radius 3 is 1.85 bits per heavy atom. The Kier molecular flexibility index (Phi) is 3.65. The number of nitrogens with zero attached hydrogens (tertiary/aromatic N) is 2. The Morgan fingerprint density at radius 2 is 1.54 bits per heavy atom. The topological polar surface area (TPSA) is 74.4 Å². The van der Waals surface area contributed by atoms with Gasteiger partial charge in [0.15, 0.2) is 11.6 Å². The largest absolute Gasteiger partial charge is 0.342 e. The summed E-state index contributed by atoms with van der Waals surface area (Å²) in [5.41, 5.74) is 0. The molecule has 2 N–H and O–H groups in total. The van der Waals surface area contributed by atoms with Crippen molar-refractivity contribution in [1.82, 2.24) is 19.9 Å². The van der Waals surface area contributed by atoms with Crippen molar-refractivity contribution in [3.8, 4) is 0 Å². The molecule has 0 aromatic carbocycles. The smallest absolute Gasteiger partial charge is 0.263 e. The number of carbonyl (C=O) groups excluding carboxylic acids is 1. The minimum atomic E-state index is -0.231. The Bertz CT molecular complexity index is 331. The monoisotopic (exact) mass is 202 g/mol. The predicted octanol–water partition coefficient (Wildman–Crippen LogP) is 0.364. The normalized spacial score (nSPS) is 9.23. The fourth-order valence-electron chi connectivity index (χ4n) is 0.891. The molecule has 68 valence electrons. The number of carbonyl (C=O) groups is 1. The molecule has 0 unspecified atom stereocenters. The number of rotatable bonds is 2. The van der Waals surface area contributed by atoms with Gasteiger partial charge in [-0.3, -0.25) is 4.79 Å². The molecule has 2 rings (SSSR count). The van der Waals surface area contributed by atoms with E-state index in [2.05, 4.69) is 19.9 Å². The Morgan fingerprint density at radius 1 is 1.08 bits per heavy atom. The molecule has 0 atom stereocenters. The van der Waals surface area contributed by atoms with Crippen LogP contribution in [-0.4, -0.2) is 25.7 Å². The Balaban J connectivity index is 0.000000845. The van der Waals surface area contributed by atoms with Crippen molar-refractivity contribution in [2.75, 3.05) is 0 Å². The molecule has 2 aromatic rings. The van der Waals surface area contributed by atoms with E-state index in [0.29, 0.717) is 11.6 Å². The average molecular weight is 202 g/mol. The van der Waals surface area contributed by atoms with Crippen LogP contribution in [0.1, 0.15) is 16.4 Å². The first kappa shape index (κ1) is 10.4. The van der Waals surface area contributed by atoms with Crippen molar-refractivity contribution in [2.24, 2.45) is 0 Å². The van der Waals surface area contributed by atoms with Crippen molar-refractivity contribution in [3.05, 3.63) is 36.4 Å². The summed E-state index contributed by atoms with van der Waals surface area (Å²) >= 11 is 0. The third-order valence-electron chi connectivity index (χ3n) is 1.43. The van der Waals surface area contributed by atoms with Crippen molar-refractivity contribution < 1.29 is 42.5 Å². The summed E-state index contributed by atoms with van der Waals surface area (Å²) < 4.78 is 0. The molecule has 6 heteroatoms. The number of nitrogens with one attached hydrogen (secondary N) is 2. The first-order chi connectivity index (χ1) is 5.88. The van der Waals surface area contributed by atoms with E-state index in [4.69, 9.17) is 0 Å². The third-order valence-corrected chi connectivity index (χ3v) is 1.43. The van der Waals surface area contributed by atoms with Crippen molar-refractivity contribution in [2.45, 2.75) is 0 Å². The van der Waals surface area contributed by atoms with Gasteiger partial charge in [-0.25, -0.2) is 9.97 Å². The number of H-pyrrole nitrogens is 2. The summed E-state index contributed by atoms with van der Waals surface area (Å²) in [7, 11) is 0. The van der Waals surface area contributed by atoms with E-state index in [-0.39, 0.29) is 43.5 Å². The average Bonchev–Trinajstić information content (AvgIpc) is 2.77. The molecule has 0 spiro atoms. The molecule has 2 aromatic heterocycles. The summed E-state index contributed by atoms with van der Waals surface area (Å²) in [6, 6.07) is 0. The second-order valence-electron chi connectivity index (χ2n) is 2.20. The quantitative estimate of drug-likeness (QED) is 0.690. The van der Waals surface area contributed by atoms with Crippen LogP contribution in [0.25, 0.3) is 0 Å². The van der Waals surface area contributed by atoms with Crippen LogP contribution in [0.5, 0.6) is 0 Å². The number of imidazole rings is 2. The predicted molar refractivity (Wildman–Crippen MR) is 40.6 cm³/mol. The van der Waals surface area contributed by atoms with Crippen LogP contribution in [-0.2, 0) is 0 Å². The minimum absolute atomic E-state index is 0. The van der Waals surface area contributed by atoms with E-state index in [1.54, 1.807) is 12.4 Å². The molecular formula is C7H6ArN4O. The van der Waals surface area contributed by atoms with Crippen LogP contribution in [0.4, 0.5) is 0 Å². The first-order valence-corrected chi connectivity index (χ1v) is 3.41. The van der Waals surface area contributed by atoms with E-state index in [9.17, 15) is 4.79 Å². The molecule has 0 saturated carbocycles. The van der Waals surface area contributed by atoms with Gasteiger partial charge in [0.2, 0.25) is 0 Å². The maximum absolute atomic E-state index is 11.4. The standard InChI is InChI=1S/C7H6N4O.Ar/c12-5(6-8-1-2-9-6)7-10-3-4-11-7;/h1-4H,(H,8,9)(H,10,11);. The summed E-state index contributed by atoms with van der Waals surface area (Å²) in [6.45, 7) is 0. The molecule has 5 nitrogen and oxygen atoms in total. The van der Waals surface area contributed by atoms with Gasteiger partial charge in [0.25, 0.3) is 5.78 Å². The van der Waals surface area contributed by atoms with E-state index in [1.165, 1.54) is 12.4 Å². The van der Waals surface area contributed by atoms with Gasteiger partial charge in [0.05, 0.1) is 0 Å². The molecule has 2 heterocycles. The van der Waals surface area contributed by atoms with Crippen LogP contribution < -0.4 is 0 Å². The fraction of sp³-hybridized carbons (Fsp3) is 0. The Hall–Kier alpha value is -0.650. The van der Waals surface area contributed by atoms with Gasteiger partial charge < -0.3 is 9.97 Å². The number of aromatic amines is 2. The van der Waals surface area contributed by atoms with Gasteiger partial charge in [-0.05, 0) is 0 Å². The van der Waals surface area contributed by atoms with Crippen LogP contribution in [0.2, 0.25) is 0 Å². The van der Waals surface area contributed by atoms with Gasteiger partial charge >= 0.3 is 0 Å². The number of ketones is 1. The molecule has 0 fully saturated rings.